The number of anilines is 1. The van der Waals surface area contributed by atoms with Crippen LogP contribution in [0.4, 0.5) is 5.69 Å². The highest BCUT2D eigenvalue weighted by molar-refractivity contribution is 5.97. The zero-order valence-electron chi connectivity index (χ0n) is 17.8. The number of ketones is 1. The lowest BCUT2D eigenvalue weighted by Gasteiger charge is -2.37. The normalized spacial score (nSPS) is 15.0. The van der Waals surface area contributed by atoms with Crippen molar-refractivity contribution < 1.29 is 9.53 Å². The minimum absolute atomic E-state index is 0.161. The van der Waals surface area contributed by atoms with E-state index in [2.05, 4.69) is 41.8 Å². The zero-order valence-corrected chi connectivity index (χ0v) is 17.8. The predicted molar refractivity (Wildman–Crippen MR) is 116 cm³/mol. The molecule has 1 aliphatic rings. The molecule has 4 heteroatoms. The van der Waals surface area contributed by atoms with Gasteiger partial charge in [0.05, 0.1) is 12.3 Å². The molecule has 1 fully saturated rings. The van der Waals surface area contributed by atoms with Gasteiger partial charge >= 0.3 is 0 Å². The molecular formula is C24H32N2O2. The summed E-state index contributed by atoms with van der Waals surface area (Å²) in [5.41, 5.74) is 6.90. The molecule has 0 aliphatic carbocycles. The number of para-hydroxylation sites is 2. The van der Waals surface area contributed by atoms with Crippen LogP contribution in [0.2, 0.25) is 0 Å². The van der Waals surface area contributed by atoms with Gasteiger partial charge in [-0.2, -0.15) is 0 Å². The standard InChI is InChI=1S/C24H32N2O2/c1-6-28-23-10-8-7-9-22(23)26-13-11-25(12-14-26)16-21-17(2)15-18(3)24(19(21)4)20(5)27/h7-10,15H,6,11-14,16H2,1-5H3. The van der Waals surface area contributed by atoms with Gasteiger partial charge in [-0.1, -0.05) is 18.2 Å². The third kappa shape index (κ3) is 4.22. The minimum Gasteiger partial charge on any atom is -0.492 e. The van der Waals surface area contributed by atoms with Gasteiger partial charge in [0, 0.05) is 38.3 Å². The summed E-state index contributed by atoms with van der Waals surface area (Å²) in [5, 5.41) is 0. The third-order valence-corrected chi connectivity index (χ3v) is 5.74. The Morgan fingerprint density at radius 3 is 2.36 bits per heavy atom. The minimum atomic E-state index is 0.161. The molecule has 1 aliphatic heterocycles. The molecule has 0 aromatic heterocycles. The molecule has 0 bridgehead atoms. The van der Waals surface area contributed by atoms with Crippen molar-refractivity contribution in [1.29, 1.82) is 0 Å². The number of ether oxygens (including phenoxy) is 1. The molecule has 28 heavy (non-hydrogen) atoms. The van der Waals surface area contributed by atoms with Gasteiger partial charge in [0.2, 0.25) is 0 Å². The SMILES string of the molecule is CCOc1ccccc1N1CCN(Cc2c(C)cc(C)c(C(C)=O)c2C)CC1. The van der Waals surface area contributed by atoms with Crippen LogP contribution < -0.4 is 9.64 Å². The van der Waals surface area contributed by atoms with Crippen LogP contribution in [0, 0.1) is 20.8 Å². The highest BCUT2D eigenvalue weighted by Crippen LogP contribution is 2.30. The lowest BCUT2D eigenvalue weighted by molar-refractivity contribution is 0.101. The molecule has 0 radical (unpaired) electrons. The summed E-state index contributed by atoms with van der Waals surface area (Å²) in [5.74, 6) is 1.13. The fraction of sp³-hybridized carbons (Fsp3) is 0.458. The fourth-order valence-electron chi connectivity index (χ4n) is 4.38. The Morgan fingerprint density at radius 1 is 1.04 bits per heavy atom. The zero-order chi connectivity index (χ0) is 20.3. The van der Waals surface area contributed by atoms with Crippen LogP contribution in [0.3, 0.4) is 0 Å². The summed E-state index contributed by atoms with van der Waals surface area (Å²) >= 11 is 0. The topological polar surface area (TPSA) is 32.8 Å². The number of rotatable bonds is 6. The van der Waals surface area contributed by atoms with Crippen molar-refractivity contribution >= 4 is 11.5 Å². The lowest BCUT2D eigenvalue weighted by Crippen LogP contribution is -2.46. The Morgan fingerprint density at radius 2 is 1.71 bits per heavy atom. The van der Waals surface area contributed by atoms with Crippen LogP contribution in [0.1, 0.15) is 46.5 Å². The van der Waals surface area contributed by atoms with Crippen LogP contribution in [0.5, 0.6) is 5.75 Å². The van der Waals surface area contributed by atoms with Crippen molar-refractivity contribution in [3.05, 3.63) is 58.1 Å². The van der Waals surface area contributed by atoms with Crippen LogP contribution in [-0.2, 0) is 6.54 Å². The van der Waals surface area contributed by atoms with E-state index in [1.807, 2.05) is 26.0 Å². The van der Waals surface area contributed by atoms with Gasteiger partial charge in [0.15, 0.2) is 5.78 Å². The van der Waals surface area contributed by atoms with Crippen molar-refractivity contribution in [3.8, 4) is 5.75 Å². The van der Waals surface area contributed by atoms with Crippen LogP contribution in [-0.4, -0.2) is 43.5 Å². The number of carbonyl (C=O) groups excluding carboxylic acids is 1. The first-order valence-corrected chi connectivity index (χ1v) is 10.2. The van der Waals surface area contributed by atoms with E-state index in [0.717, 1.165) is 55.2 Å². The van der Waals surface area contributed by atoms with Gasteiger partial charge in [-0.25, -0.2) is 0 Å². The number of carbonyl (C=O) groups is 1. The van der Waals surface area contributed by atoms with E-state index in [0.29, 0.717) is 6.61 Å². The Labute approximate surface area is 169 Å². The molecule has 1 heterocycles. The third-order valence-electron chi connectivity index (χ3n) is 5.74. The van der Waals surface area contributed by atoms with Crippen molar-refractivity contribution in [2.24, 2.45) is 0 Å². The molecule has 0 atom stereocenters. The smallest absolute Gasteiger partial charge is 0.160 e. The number of aryl methyl sites for hydroxylation is 2. The predicted octanol–water partition coefficient (Wildman–Crippen LogP) is 4.54. The molecule has 1 saturated heterocycles. The van der Waals surface area contributed by atoms with Crippen LogP contribution >= 0.6 is 0 Å². The lowest BCUT2D eigenvalue weighted by atomic mass is 9.91. The van der Waals surface area contributed by atoms with E-state index >= 15 is 0 Å². The molecule has 0 unspecified atom stereocenters. The molecule has 2 aromatic rings. The molecule has 0 saturated carbocycles. The van der Waals surface area contributed by atoms with Crippen molar-refractivity contribution in [2.45, 2.75) is 41.2 Å². The average Bonchev–Trinajstić information content (AvgIpc) is 2.66. The van der Waals surface area contributed by atoms with Crippen molar-refractivity contribution in [2.75, 3.05) is 37.7 Å². The Balaban J connectivity index is 1.72. The Hall–Kier alpha value is -2.33. The van der Waals surface area contributed by atoms with E-state index in [-0.39, 0.29) is 5.78 Å². The molecule has 0 N–H and O–H groups in total. The number of hydrogen-bond donors (Lipinski definition) is 0. The molecule has 2 aromatic carbocycles. The molecule has 150 valence electrons. The van der Waals surface area contributed by atoms with E-state index in [9.17, 15) is 4.79 Å². The molecule has 3 rings (SSSR count). The van der Waals surface area contributed by atoms with Crippen LogP contribution in [0.15, 0.2) is 30.3 Å². The van der Waals surface area contributed by atoms with E-state index in [1.165, 1.54) is 16.8 Å². The summed E-state index contributed by atoms with van der Waals surface area (Å²) in [4.78, 5) is 17.0. The maximum absolute atomic E-state index is 12.1. The van der Waals surface area contributed by atoms with Crippen molar-refractivity contribution in [3.63, 3.8) is 0 Å². The van der Waals surface area contributed by atoms with Gasteiger partial charge in [-0.05, 0) is 69.0 Å². The fourth-order valence-corrected chi connectivity index (χ4v) is 4.38. The maximum atomic E-state index is 12.1. The summed E-state index contributed by atoms with van der Waals surface area (Å²) in [7, 11) is 0. The van der Waals surface area contributed by atoms with Gasteiger partial charge in [-0.3, -0.25) is 9.69 Å². The van der Waals surface area contributed by atoms with Gasteiger partial charge in [0.1, 0.15) is 5.75 Å². The summed E-state index contributed by atoms with van der Waals surface area (Å²) in [6.45, 7) is 15.5. The Kier molecular flexibility index (Phi) is 6.40. The second kappa shape index (κ2) is 8.78. The quantitative estimate of drug-likeness (QED) is 0.689. The second-order valence-corrected chi connectivity index (χ2v) is 7.71. The van der Waals surface area contributed by atoms with E-state index in [4.69, 9.17) is 4.74 Å². The van der Waals surface area contributed by atoms with E-state index < -0.39 is 0 Å². The first-order chi connectivity index (χ1) is 13.4. The average molecular weight is 381 g/mol. The maximum Gasteiger partial charge on any atom is 0.160 e. The Bertz CT molecular complexity index is 852. The summed E-state index contributed by atoms with van der Waals surface area (Å²) in [6, 6.07) is 10.5. The first-order valence-electron chi connectivity index (χ1n) is 10.2. The van der Waals surface area contributed by atoms with Gasteiger partial charge < -0.3 is 9.64 Å². The highest BCUT2D eigenvalue weighted by atomic mass is 16.5. The number of piperazine rings is 1. The number of nitrogens with zero attached hydrogens (tertiary/aromatic N) is 2. The number of Topliss-reactive ketones (excluding diaryl/α,β-unsaturated/α-hetero) is 1. The highest BCUT2D eigenvalue weighted by Gasteiger charge is 2.22. The van der Waals surface area contributed by atoms with Crippen molar-refractivity contribution in [1.82, 2.24) is 4.90 Å². The van der Waals surface area contributed by atoms with Crippen LogP contribution in [0.25, 0.3) is 0 Å². The summed E-state index contributed by atoms with van der Waals surface area (Å²) < 4.78 is 5.80. The largest absolute Gasteiger partial charge is 0.492 e. The van der Waals surface area contributed by atoms with Gasteiger partial charge in [-0.15, -0.1) is 0 Å². The second-order valence-electron chi connectivity index (χ2n) is 7.71. The molecule has 4 nitrogen and oxygen atoms in total. The van der Waals surface area contributed by atoms with Gasteiger partial charge in [0.25, 0.3) is 0 Å². The number of benzene rings is 2. The van der Waals surface area contributed by atoms with E-state index in [1.54, 1.807) is 6.92 Å². The number of hydrogen-bond acceptors (Lipinski definition) is 4. The first kappa shape index (κ1) is 20.4. The molecular weight excluding hydrogens is 348 g/mol. The summed E-state index contributed by atoms with van der Waals surface area (Å²) in [6.07, 6.45) is 0. The molecule has 0 amide bonds. The molecule has 0 spiro atoms. The monoisotopic (exact) mass is 380 g/mol.